The predicted molar refractivity (Wildman–Crippen MR) is 50.0 cm³/mol. The number of nitrogens with zero attached hydrogens (tertiary/aromatic N) is 2. The van der Waals surface area contributed by atoms with Crippen molar-refractivity contribution in [2.45, 2.75) is 31.5 Å². The first-order valence-electron chi connectivity index (χ1n) is 4.68. The van der Waals surface area contributed by atoms with Gasteiger partial charge < -0.3 is 10.3 Å². The van der Waals surface area contributed by atoms with E-state index in [9.17, 15) is 13.2 Å². The second-order valence-electron chi connectivity index (χ2n) is 3.54. The van der Waals surface area contributed by atoms with Crippen molar-refractivity contribution in [2.75, 3.05) is 0 Å². The lowest BCUT2D eigenvalue weighted by molar-refractivity contribution is -0.135. The summed E-state index contributed by atoms with van der Waals surface area (Å²) in [5.74, 6) is 0. The quantitative estimate of drug-likeness (QED) is 0.846. The molecule has 1 aromatic heterocycles. The second-order valence-corrected chi connectivity index (χ2v) is 3.54. The Balaban J connectivity index is 2.37. The zero-order chi connectivity index (χ0) is 11.5. The van der Waals surface area contributed by atoms with Crippen molar-refractivity contribution in [3.05, 3.63) is 18.2 Å². The molecule has 0 radical (unpaired) electrons. The number of imidazole rings is 1. The molecule has 0 aliphatic carbocycles. The van der Waals surface area contributed by atoms with Crippen LogP contribution in [0.25, 0.3) is 0 Å². The molecule has 1 atom stereocenters. The van der Waals surface area contributed by atoms with Crippen LogP contribution < -0.4 is 5.73 Å². The molecule has 0 spiro atoms. The average Bonchev–Trinajstić information content (AvgIpc) is 2.48. The molecular weight excluding hydrogens is 207 g/mol. The zero-order valence-corrected chi connectivity index (χ0v) is 8.46. The number of rotatable bonds is 4. The van der Waals surface area contributed by atoms with Gasteiger partial charge in [0.1, 0.15) is 0 Å². The number of halogens is 3. The standard InChI is InChI=1S/C9H14F3N3/c1-15-6-14-5-8(15)7(13)3-2-4-9(10,11)12/h5-7H,2-4,13H2,1H3. The summed E-state index contributed by atoms with van der Waals surface area (Å²) in [6.07, 6.45) is -1.34. The molecule has 1 aromatic rings. The fraction of sp³-hybridized carbons (Fsp3) is 0.667. The summed E-state index contributed by atoms with van der Waals surface area (Å²) in [6.45, 7) is 0. The summed E-state index contributed by atoms with van der Waals surface area (Å²) < 4.78 is 37.3. The van der Waals surface area contributed by atoms with E-state index in [0.29, 0.717) is 6.42 Å². The van der Waals surface area contributed by atoms with E-state index < -0.39 is 12.6 Å². The van der Waals surface area contributed by atoms with Gasteiger partial charge in [-0.05, 0) is 12.8 Å². The molecular formula is C9H14F3N3. The maximum Gasteiger partial charge on any atom is 0.389 e. The third-order valence-corrected chi connectivity index (χ3v) is 2.21. The topological polar surface area (TPSA) is 43.8 Å². The molecule has 1 rings (SSSR count). The molecule has 0 aliphatic heterocycles. The van der Waals surface area contributed by atoms with Gasteiger partial charge in [-0.25, -0.2) is 4.98 Å². The maximum atomic E-state index is 11.9. The van der Waals surface area contributed by atoms with E-state index in [1.54, 1.807) is 24.1 Å². The third kappa shape index (κ3) is 3.91. The molecule has 2 N–H and O–H groups in total. The monoisotopic (exact) mass is 221 g/mol. The smallest absolute Gasteiger partial charge is 0.336 e. The summed E-state index contributed by atoms with van der Waals surface area (Å²) in [5.41, 5.74) is 6.50. The molecule has 6 heteroatoms. The largest absolute Gasteiger partial charge is 0.389 e. The van der Waals surface area contributed by atoms with Crippen molar-refractivity contribution >= 4 is 0 Å². The zero-order valence-electron chi connectivity index (χ0n) is 8.46. The Kier molecular flexibility index (Phi) is 3.73. The summed E-state index contributed by atoms with van der Waals surface area (Å²) in [7, 11) is 1.77. The number of nitrogens with two attached hydrogens (primary N) is 1. The third-order valence-electron chi connectivity index (χ3n) is 2.21. The Morgan fingerprint density at radius 2 is 2.20 bits per heavy atom. The second kappa shape index (κ2) is 4.65. The lowest BCUT2D eigenvalue weighted by atomic mass is 10.1. The number of aromatic nitrogens is 2. The van der Waals surface area contributed by atoms with Gasteiger partial charge in [-0.1, -0.05) is 0 Å². The highest BCUT2D eigenvalue weighted by molar-refractivity contribution is 5.03. The van der Waals surface area contributed by atoms with E-state index in [1.807, 2.05) is 0 Å². The highest BCUT2D eigenvalue weighted by Crippen LogP contribution is 2.24. The van der Waals surface area contributed by atoms with Crippen molar-refractivity contribution in [1.29, 1.82) is 0 Å². The Morgan fingerprint density at radius 1 is 1.53 bits per heavy atom. The van der Waals surface area contributed by atoms with Gasteiger partial charge in [-0.2, -0.15) is 13.2 Å². The minimum absolute atomic E-state index is 0.0514. The lowest BCUT2D eigenvalue weighted by Gasteiger charge is -2.12. The van der Waals surface area contributed by atoms with Gasteiger partial charge in [0.2, 0.25) is 0 Å². The van der Waals surface area contributed by atoms with Gasteiger partial charge in [0.15, 0.2) is 0 Å². The van der Waals surface area contributed by atoms with Gasteiger partial charge in [0.25, 0.3) is 0 Å². The van der Waals surface area contributed by atoms with Gasteiger partial charge in [0, 0.05) is 25.7 Å². The lowest BCUT2D eigenvalue weighted by Crippen LogP contribution is -2.15. The Bertz CT molecular complexity index is 306. The van der Waals surface area contributed by atoms with Gasteiger partial charge in [-0.15, -0.1) is 0 Å². The molecule has 1 heterocycles. The summed E-state index contributed by atoms with van der Waals surface area (Å²) in [4.78, 5) is 3.86. The Morgan fingerprint density at radius 3 is 2.67 bits per heavy atom. The molecule has 0 amide bonds. The van der Waals surface area contributed by atoms with Gasteiger partial charge in [0.05, 0.1) is 12.0 Å². The van der Waals surface area contributed by atoms with Crippen LogP contribution in [0.15, 0.2) is 12.5 Å². The molecule has 0 fully saturated rings. The number of hydrogen-bond donors (Lipinski definition) is 1. The van der Waals surface area contributed by atoms with Gasteiger partial charge >= 0.3 is 6.18 Å². The van der Waals surface area contributed by atoms with E-state index in [1.165, 1.54) is 0 Å². The van der Waals surface area contributed by atoms with Crippen LogP contribution in [0.4, 0.5) is 13.2 Å². The molecule has 0 aliphatic rings. The van der Waals surface area contributed by atoms with Crippen LogP contribution in [0.1, 0.15) is 31.0 Å². The van der Waals surface area contributed by atoms with E-state index in [4.69, 9.17) is 5.73 Å². The van der Waals surface area contributed by atoms with Crippen LogP contribution in [-0.2, 0) is 7.05 Å². The van der Waals surface area contributed by atoms with Crippen molar-refractivity contribution < 1.29 is 13.2 Å². The van der Waals surface area contributed by atoms with E-state index in [2.05, 4.69) is 4.98 Å². The number of hydrogen-bond acceptors (Lipinski definition) is 2. The first-order chi connectivity index (χ1) is 6.90. The molecule has 15 heavy (non-hydrogen) atoms. The van der Waals surface area contributed by atoms with E-state index >= 15 is 0 Å². The predicted octanol–water partition coefficient (Wildman–Crippen LogP) is 2.15. The van der Waals surface area contributed by atoms with Crippen LogP contribution in [0.3, 0.4) is 0 Å². The van der Waals surface area contributed by atoms with Crippen molar-refractivity contribution in [3.63, 3.8) is 0 Å². The molecule has 0 saturated carbocycles. The van der Waals surface area contributed by atoms with Crippen LogP contribution in [0, 0.1) is 0 Å². The van der Waals surface area contributed by atoms with Crippen LogP contribution >= 0.6 is 0 Å². The normalized spacial score (nSPS) is 14.2. The van der Waals surface area contributed by atoms with Crippen LogP contribution in [0.5, 0.6) is 0 Å². The maximum absolute atomic E-state index is 11.9. The molecule has 0 saturated heterocycles. The van der Waals surface area contributed by atoms with E-state index in [0.717, 1.165) is 5.69 Å². The molecule has 1 unspecified atom stereocenters. The number of aryl methyl sites for hydroxylation is 1. The van der Waals surface area contributed by atoms with Crippen LogP contribution in [-0.4, -0.2) is 15.7 Å². The molecule has 0 bridgehead atoms. The van der Waals surface area contributed by atoms with Gasteiger partial charge in [-0.3, -0.25) is 0 Å². The summed E-state index contributed by atoms with van der Waals surface area (Å²) in [6, 6.07) is -0.375. The Labute approximate surface area is 86.1 Å². The highest BCUT2D eigenvalue weighted by atomic mass is 19.4. The molecule has 86 valence electrons. The first-order valence-corrected chi connectivity index (χ1v) is 4.68. The molecule has 0 aromatic carbocycles. The van der Waals surface area contributed by atoms with Crippen molar-refractivity contribution in [3.8, 4) is 0 Å². The fourth-order valence-corrected chi connectivity index (χ4v) is 1.40. The van der Waals surface area contributed by atoms with Crippen LogP contribution in [0.2, 0.25) is 0 Å². The van der Waals surface area contributed by atoms with Crippen molar-refractivity contribution in [1.82, 2.24) is 9.55 Å². The Hall–Kier alpha value is -1.04. The fourth-order valence-electron chi connectivity index (χ4n) is 1.40. The van der Waals surface area contributed by atoms with Crippen molar-refractivity contribution in [2.24, 2.45) is 12.8 Å². The minimum Gasteiger partial charge on any atom is -0.336 e. The average molecular weight is 221 g/mol. The molecule has 3 nitrogen and oxygen atoms in total. The SMILES string of the molecule is Cn1cncc1C(N)CCCC(F)(F)F. The number of alkyl halides is 3. The van der Waals surface area contributed by atoms with E-state index in [-0.39, 0.29) is 12.5 Å². The highest BCUT2D eigenvalue weighted by Gasteiger charge is 2.26. The minimum atomic E-state index is -4.09. The summed E-state index contributed by atoms with van der Waals surface area (Å²) >= 11 is 0. The first kappa shape index (κ1) is 12.0. The summed E-state index contributed by atoms with van der Waals surface area (Å²) in [5, 5.41) is 0.